The lowest BCUT2D eigenvalue weighted by Gasteiger charge is -2.60. The Morgan fingerprint density at radius 3 is 2.75 bits per heavy atom. The Labute approximate surface area is 145 Å². The third-order valence-electron chi connectivity index (χ3n) is 8.32. The molecule has 0 N–H and O–H groups in total. The van der Waals surface area contributed by atoms with Gasteiger partial charge in [-0.25, -0.2) is 0 Å². The highest BCUT2D eigenvalue weighted by Crippen LogP contribution is 2.65. The predicted molar refractivity (Wildman–Crippen MR) is 94.0 cm³/mol. The highest BCUT2D eigenvalue weighted by Gasteiger charge is 2.61. The summed E-state index contributed by atoms with van der Waals surface area (Å²) in [7, 11) is 0. The molecule has 4 aliphatic rings. The molecule has 0 saturated heterocycles. The zero-order valence-corrected chi connectivity index (χ0v) is 14.9. The molecule has 3 fully saturated rings. The van der Waals surface area contributed by atoms with E-state index in [4.69, 9.17) is 6.42 Å². The number of rotatable bonds is 1. The van der Waals surface area contributed by atoms with Crippen molar-refractivity contribution in [3.05, 3.63) is 12.2 Å². The molecule has 2 unspecified atom stereocenters. The van der Waals surface area contributed by atoms with Gasteiger partial charge in [-0.3, -0.25) is 9.59 Å². The van der Waals surface area contributed by atoms with Crippen LogP contribution in [0.4, 0.5) is 0 Å². The van der Waals surface area contributed by atoms with Crippen LogP contribution in [0.2, 0.25) is 0 Å². The molecule has 0 aromatic heterocycles. The van der Waals surface area contributed by atoms with Crippen LogP contribution in [0.3, 0.4) is 0 Å². The molecule has 2 nitrogen and oxygen atoms in total. The van der Waals surface area contributed by atoms with Gasteiger partial charge in [0.2, 0.25) is 0 Å². The zero-order valence-electron chi connectivity index (χ0n) is 14.9. The zero-order chi connectivity index (χ0) is 17.1. The van der Waals surface area contributed by atoms with Gasteiger partial charge in [-0.1, -0.05) is 19.9 Å². The Morgan fingerprint density at radius 2 is 2.00 bits per heavy atom. The summed E-state index contributed by atoms with van der Waals surface area (Å²) in [6.45, 7) is 4.58. The third kappa shape index (κ3) is 2.03. The first-order chi connectivity index (χ1) is 11.4. The summed E-state index contributed by atoms with van der Waals surface area (Å²) in [6.07, 6.45) is 16.2. The molecule has 4 rings (SSSR count). The van der Waals surface area contributed by atoms with Crippen molar-refractivity contribution in [1.82, 2.24) is 0 Å². The van der Waals surface area contributed by atoms with E-state index >= 15 is 0 Å². The van der Waals surface area contributed by atoms with E-state index in [2.05, 4.69) is 25.8 Å². The monoisotopic (exact) mass is 324 g/mol. The molecule has 0 radical (unpaired) electrons. The quantitative estimate of drug-likeness (QED) is 0.678. The number of ketones is 2. The molecule has 0 aromatic carbocycles. The molecule has 0 aliphatic heterocycles. The first-order valence-electron chi connectivity index (χ1n) is 9.59. The fraction of sp³-hybridized carbons (Fsp3) is 0.727. The molecule has 7 atom stereocenters. The maximum atomic E-state index is 12.5. The number of carbonyl (C=O) groups is 2. The summed E-state index contributed by atoms with van der Waals surface area (Å²) < 4.78 is 0. The molecule has 2 heteroatoms. The fourth-order valence-corrected chi connectivity index (χ4v) is 7.02. The van der Waals surface area contributed by atoms with Gasteiger partial charge >= 0.3 is 0 Å². The van der Waals surface area contributed by atoms with E-state index in [-0.39, 0.29) is 16.6 Å². The first kappa shape index (κ1) is 16.1. The summed E-state index contributed by atoms with van der Waals surface area (Å²) >= 11 is 0. The normalized spacial score (nSPS) is 50.0. The van der Waals surface area contributed by atoms with E-state index in [1.807, 2.05) is 6.08 Å². The molecule has 0 bridgehead atoms. The molecule has 0 heterocycles. The minimum absolute atomic E-state index is 0.0747. The van der Waals surface area contributed by atoms with Crippen LogP contribution in [-0.2, 0) is 9.59 Å². The molecule has 3 saturated carbocycles. The minimum Gasteiger partial charge on any atom is -0.299 e. The highest BCUT2D eigenvalue weighted by atomic mass is 16.1. The van der Waals surface area contributed by atoms with E-state index in [9.17, 15) is 9.59 Å². The van der Waals surface area contributed by atoms with Gasteiger partial charge in [0.05, 0.1) is 0 Å². The molecule has 128 valence electrons. The summed E-state index contributed by atoms with van der Waals surface area (Å²) in [5, 5.41) is 0. The highest BCUT2D eigenvalue weighted by molar-refractivity contribution is 5.91. The van der Waals surface area contributed by atoms with E-state index in [0.717, 1.165) is 38.5 Å². The predicted octanol–water partition coefficient (Wildman–Crippen LogP) is 4.19. The minimum atomic E-state index is -0.0980. The standard InChI is InChI=1S/C22H28O2/c1-4-5-14-12-16-17-6-7-20(24)22(17,3)11-9-18(16)21(2)10-8-15(23)13-19(14)21/h1,8,10,14,16-19H,5-7,9,11-13H2,2-3H3/t14?,16-,17-,18+,19?,21+,22-/m0/s1. The van der Waals surface area contributed by atoms with Crippen LogP contribution in [-0.4, -0.2) is 11.6 Å². The van der Waals surface area contributed by atoms with Crippen molar-refractivity contribution in [2.45, 2.75) is 58.8 Å². The van der Waals surface area contributed by atoms with Crippen LogP contribution < -0.4 is 0 Å². The number of hydrogen-bond donors (Lipinski definition) is 0. The molecular weight excluding hydrogens is 296 g/mol. The molecular formula is C22H28O2. The van der Waals surface area contributed by atoms with Gasteiger partial charge in [-0.2, -0.15) is 0 Å². The van der Waals surface area contributed by atoms with Crippen molar-refractivity contribution in [2.24, 2.45) is 40.4 Å². The second-order valence-corrected chi connectivity index (χ2v) is 9.18. The summed E-state index contributed by atoms with van der Waals surface area (Å²) in [4.78, 5) is 24.6. The van der Waals surface area contributed by atoms with Crippen LogP contribution >= 0.6 is 0 Å². The summed E-state index contributed by atoms with van der Waals surface area (Å²) in [6, 6.07) is 0. The molecule has 0 amide bonds. The molecule has 24 heavy (non-hydrogen) atoms. The lowest BCUT2D eigenvalue weighted by Crippen LogP contribution is -2.55. The number of carbonyl (C=O) groups excluding carboxylic acids is 2. The maximum absolute atomic E-state index is 12.5. The van der Waals surface area contributed by atoms with Crippen molar-refractivity contribution < 1.29 is 9.59 Å². The second-order valence-electron chi connectivity index (χ2n) is 9.18. The van der Waals surface area contributed by atoms with Crippen molar-refractivity contribution in [3.63, 3.8) is 0 Å². The van der Waals surface area contributed by atoms with Gasteiger partial charge in [0.25, 0.3) is 0 Å². The third-order valence-corrected chi connectivity index (χ3v) is 8.32. The molecule has 0 aromatic rings. The van der Waals surface area contributed by atoms with Crippen molar-refractivity contribution in [2.75, 3.05) is 0 Å². The Hall–Kier alpha value is -1.36. The molecule has 4 aliphatic carbocycles. The largest absolute Gasteiger partial charge is 0.299 e. The maximum Gasteiger partial charge on any atom is 0.155 e. The Bertz CT molecular complexity index is 653. The number of terminal acetylenes is 1. The summed E-state index contributed by atoms with van der Waals surface area (Å²) in [5.74, 6) is 6.14. The van der Waals surface area contributed by atoms with Gasteiger partial charge in [-0.15, -0.1) is 12.3 Å². The SMILES string of the molecule is C#CCC1C[C@@H]2[C@@H](CC[C@]3(C)C(=O)CC[C@@H]23)[C@@]2(C)C=CC(=O)CC12. The van der Waals surface area contributed by atoms with Gasteiger partial charge in [0, 0.05) is 24.7 Å². The summed E-state index contributed by atoms with van der Waals surface area (Å²) in [5.41, 5.74) is -0.0232. The van der Waals surface area contributed by atoms with E-state index in [1.165, 1.54) is 0 Å². The number of Topliss-reactive ketones (excluding diaryl/α,β-unsaturated/α-hetero) is 1. The average molecular weight is 324 g/mol. The number of fused-ring (bicyclic) bond motifs is 5. The van der Waals surface area contributed by atoms with Crippen molar-refractivity contribution in [1.29, 1.82) is 0 Å². The average Bonchev–Trinajstić information content (AvgIpc) is 2.85. The Morgan fingerprint density at radius 1 is 1.21 bits per heavy atom. The van der Waals surface area contributed by atoms with Crippen molar-refractivity contribution in [3.8, 4) is 12.3 Å². The second kappa shape index (κ2) is 5.32. The Balaban J connectivity index is 1.75. The Kier molecular flexibility index (Phi) is 3.57. The van der Waals surface area contributed by atoms with E-state index < -0.39 is 0 Å². The lowest BCUT2D eigenvalue weighted by atomic mass is 9.44. The van der Waals surface area contributed by atoms with Gasteiger partial charge in [0.1, 0.15) is 5.78 Å². The van der Waals surface area contributed by atoms with E-state index in [0.29, 0.717) is 41.8 Å². The smallest absolute Gasteiger partial charge is 0.155 e. The van der Waals surface area contributed by atoms with Crippen LogP contribution in [0.25, 0.3) is 0 Å². The van der Waals surface area contributed by atoms with Crippen LogP contribution in [0.15, 0.2) is 12.2 Å². The first-order valence-corrected chi connectivity index (χ1v) is 9.59. The molecule has 0 spiro atoms. The number of hydrogen-bond acceptors (Lipinski definition) is 2. The van der Waals surface area contributed by atoms with E-state index in [1.54, 1.807) is 0 Å². The topological polar surface area (TPSA) is 34.1 Å². The van der Waals surface area contributed by atoms with Crippen LogP contribution in [0.5, 0.6) is 0 Å². The lowest BCUT2D eigenvalue weighted by molar-refractivity contribution is -0.139. The fourth-order valence-electron chi connectivity index (χ4n) is 7.02. The van der Waals surface area contributed by atoms with Crippen LogP contribution in [0.1, 0.15) is 58.8 Å². The van der Waals surface area contributed by atoms with Crippen LogP contribution in [0, 0.1) is 52.8 Å². The van der Waals surface area contributed by atoms with Gasteiger partial charge in [-0.05, 0) is 66.8 Å². The van der Waals surface area contributed by atoms with Gasteiger partial charge in [0.15, 0.2) is 5.78 Å². The van der Waals surface area contributed by atoms with Crippen molar-refractivity contribution >= 4 is 11.6 Å². The number of allylic oxidation sites excluding steroid dienone is 2. The van der Waals surface area contributed by atoms with Gasteiger partial charge < -0.3 is 0 Å².